The maximum Gasteiger partial charge on any atom is 0.434 e. The zero-order valence-corrected chi connectivity index (χ0v) is 29.2. The maximum absolute atomic E-state index is 16.8. The summed E-state index contributed by atoms with van der Waals surface area (Å²) in [5, 5.41) is 2.46. The van der Waals surface area contributed by atoms with Crippen LogP contribution in [0.3, 0.4) is 0 Å². The lowest BCUT2D eigenvalue weighted by atomic mass is 9.95. The molecule has 10 nitrogen and oxygen atoms in total. The van der Waals surface area contributed by atoms with Crippen LogP contribution in [0.15, 0.2) is 61.2 Å². The average Bonchev–Trinajstić information content (AvgIpc) is 3.91. The number of amides is 1. The number of halogens is 3. The number of hydrogen-bond donors (Lipinski definition) is 0. The minimum Gasteiger partial charge on any atom is -0.443 e. The summed E-state index contributed by atoms with van der Waals surface area (Å²) in [6.07, 6.45) is 12.4. The number of carbonyl (C=O) groups is 1. The van der Waals surface area contributed by atoms with Gasteiger partial charge in [0.2, 0.25) is 5.91 Å². The first kappa shape index (κ1) is 33.3. The molecule has 5 aromatic rings. The normalized spacial score (nSPS) is 22.5. The van der Waals surface area contributed by atoms with Crippen LogP contribution < -0.4 is 4.74 Å². The van der Waals surface area contributed by atoms with Gasteiger partial charge in [0.25, 0.3) is 0 Å². The summed E-state index contributed by atoms with van der Waals surface area (Å²) in [7, 11) is 3.72. The van der Waals surface area contributed by atoms with Crippen molar-refractivity contribution in [1.29, 1.82) is 0 Å². The molecule has 1 unspecified atom stereocenters. The van der Waals surface area contributed by atoms with Gasteiger partial charge in [-0.3, -0.25) is 14.7 Å². The number of ether oxygens (including phenoxy) is 1. The first-order chi connectivity index (χ1) is 24.7. The van der Waals surface area contributed by atoms with E-state index in [2.05, 4.69) is 19.9 Å². The molecule has 1 amide bonds. The van der Waals surface area contributed by atoms with E-state index in [1.165, 1.54) is 0 Å². The van der Waals surface area contributed by atoms with Crippen LogP contribution in [-0.4, -0.2) is 103 Å². The number of imidazole rings is 1. The van der Waals surface area contributed by atoms with Crippen molar-refractivity contribution in [2.45, 2.75) is 37.4 Å². The summed E-state index contributed by atoms with van der Waals surface area (Å²) in [6, 6.07) is 11.1. The van der Waals surface area contributed by atoms with E-state index in [9.17, 15) is 9.18 Å². The van der Waals surface area contributed by atoms with Crippen molar-refractivity contribution >= 4 is 57.3 Å². The summed E-state index contributed by atoms with van der Waals surface area (Å²) in [4.78, 5) is 35.2. The number of carbonyl (C=O) groups excluding carboxylic acids is 1. The van der Waals surface area contributed by atoms with Gasteiger partial charge >= 0.3 is 11.8 Å². The molecule has 3 fully saturated rings. The van der Waals surface area contributed by atoms with Crippen LogP contribution in [0.4, 0.5) is 14.6 Å². The first-order valence-corrected chi connectivity index (χ1v) is 17.6. The molecule has 262 valence electrons. The van der Waals surface area contributed by atoms with Crippen molar-refractivity contribution in [3.05, 3.63) is 77.7 Å². The van der Waals surface area contributed by atoms with Gasteiger partial charge in [0.15, 0.2) is 5.82 Å². The van der Waals surface area contributed by atoms with E-state index in [1.54, 1.807) is 41.7 Å². The van der Waals surface area contributed by atoms with E-state index < -0.39 is 17.5 Å². The van der Waals surface area contributed by atoms with Crippen LogP contribution in [0.1, 0.15) is 31.4 Å². The number of fused-ring (bicyclic) bond motifs is 3. The Hall–Kier alpha value is -4.81. The third-order valence-electron chi connectivity index (χ3n) is 10.4. The molecule has 0 bridgehead atoms. The number of aromatic nitrogens is 5. The van der Waals surface area contributed by atoms with E-state index in [1.807, 2.05) is 59.9 Å². The van der Waals surface area contributed by atoms with Crippen LogP contribution >= 0.6 is 11.6 Å². The van der Waals surface area contributed by atoms with Gasteiger partial charge in [0, 0.05) is 78.4 Å². The van der Waals surface area contributed by atoms with Crippen molar-refractivity contribution < 1.29 is 22.9 Å². The lowest BCUT2D eigenvalue weighted by molar-refractivity contribution is -0.405. The summed E-state index contributed by atoms with van der Waals surface area (Å²) in [6.45, 7) is 2.53. The smallest absolute Gasteiger partial charge is 0.434 e. The van der Waals surface area contributed by atoms with Crippen LogP contribution in [0.5, 0.6) is 6.01 Å². The van der Waals surface area contributed by atoms with Crippen molar-refractivity contribution in [2.24, 2.45) is 13.0 Å². The molecule has 51 heavy (non-hydrogen) atoms. The summed E-state index contributed by atoms with van der Waals surface area (Å²) < 4.78 is 41.3. The average molecular weight is 712 g/mol. The van der Waals surface area contributed by atoms with Crippen molar-refractivity contribution in [3.63, 3.8) is 0 Å². The van der Waals surface area contributed by atoms with Crippen LogP contribution in [0.2, 0.25) is 5.02 Å². The Labute approximate surface area is 299 Å². The highest BCUT2D eigenvalue weighted by Gasteiger charge is 2.49. The standard InChI is InChI=1S/C38H38ClF2N8O2/c1-46-21-27(43-23-46)10-11-31(50)48-15-12-24(19-48)18-47(2)36-29-17-42-34(28-8-3-6-25-7-4-9-30(39)32(25)28)33(41)35(29)44-37(45-36)51-22-38-13-5-14-49(38)20-26(40)16-38/h3-4,6-11,17-18,21,23-24,26H,5,12-16,19-20,22H2,1-2H3/q+1/b11-10+,47-18?/t24?,26-,38+/m1/s1. The van der Waals surface area contributed by atoms with E-state index >= 15 is 4.39 Å². The van der Waals surface area contributed by atoms with Gasteiger partial charge in [-0.1, -0.05) is 41.9 Å². The molecule has 0 N–H and O–H groups in total. The Morgan fingerprint density at radius 3 is 2.82 bits per heavy atom. The van der Waals surface area contributed by atoms with E-state index in [0.717, 1.165) is 31.2 Å². The zero-order valence-electron chi connectivity index (χ0n) is 28.5. The van der Waals surface area contributed by atoms with E-state index in [0.29, 0.717) is 58.9 Å². The van der Waals surface area contributed by atoms with E-state index in [-0.39, 0.29) is 35.7 Å². The Balaban J connectivity index is 1.14. The van der Waals surface area contributed by atoms with Crippen LogP contribution in [0.25, 0.3) is 39.0 Å². The van der Waals surface area contributed by atoms with Gasteiger partial charge < -0.3 is 14.2 Å². The number of pyridine rings is 1. The molecule has 0 radical (unpaired) electrons. The molecular weight excluding hydrogens is 674 g/mol. The largest absolute Gasteiger partial charge is 0.443 e. The number of alkyl halides is 1. The van der Waals surface area contributed by atoms with Gasteiger partial charge in [0.05, 0.1) is 30.8 Å². The predicted octanol–water partition coefficient (Wildman–Crippen LogP) is 6.23. The lowest BCUT2D eigenvalue weighted by Gasteiger charge is -2.30. The van der Waals surface area contributed by atoms with Gasteiger partial charge in [-0.05, 0) is 43.3 Å². The topological polar surface area (TPSA) is 92.3 Å². The maximum atomic E-state index is 16.8. The molecule has 0 saturated carbocycles. The molecule has 3 saturated heterocycles. The summed E-state index contributed by atoms with van der Waals surface area (Å²) in [5.74, 6) is -0.265. The Morgan fingerprint density at radius 1 is 1.16 bits per heavy atom. The summed E-state index contributed by atoms with van der Waals surface area (Å²) in [5.41, 5.74) is 1.01. The van der Waals surface area contributed by atoms with E-state index in [4.69, 9.17) is 21.3 Å². The molecule has 0 aliphatic carbocycles. The van der Waals surface area contributed by atoms with Crippen molar-refractivity contribution in [2.75, 3.05) is 39.8 Å². The number of benzene rings is 2. The molecule has 2 aromatic carbocycles. The Morgan fingerprint density at radius 2 is 2.00 bits per heavy atom. The fourth-order valence-electron chi connectivity index (χ4n) is 7.96. The van der Waals surface area contributed by atoms with Crippen LogP contribution in [0, 0.1) is 11.7 Å². The second-order valence-corrected chi connectivity index (χ2v) is 14.3. The number of rotatable bonds is 8. The van der Waals surface area contributed by atoms with Crippen molar-refractivity contribution in [1.82, 2.24) is 34.3 Å². The zero-order chi connectivity index (χ0) is 35.3. The van der Waals surface area contributed by atoms with Gasteiger partial charge in [-0.25, -0.2) is 18.3 Å². The minimum atomic E-state index is -0.912. The Kier molecular flexibility index (Phi) is 8.75. The second kappa shape index (κ2) is 13.4. The monoisotopic (exact) mass is 711 g/mol. The highest BCUT2D eigenvalue weighted by atomic mass is 35.5. The van der Waals surface area contributed by atoms with Crippen LogP contribution in [-0.2, 0) is 11.8 Å². The first-order valence-electron chi connectivity index (χ1n) is 17.3. The summed E-state index contributed by atoms with van der Waals surface area (Å²) >= 11 is 6.62. The fraction of sp³-hybridized carbons (Fsp3) is 0.368. The SMILES string of the molecule is Cn1cnc(/C=C/C(=O)N2CCC(C=[N+](C)c3nc(OC[C@@]45CCCN4C[C@H](F)C5)nc4c(F)c(-c5cccc6cccc(Cl)c56)ncc34)C2)c1. The highest BCUT2D eigenvalue weighted by Crippen LogP contribution is 2.41. The molecule has 3 aromatic heterocycles. The molecule has 3 aliphatic rings. The molecule has 3 atom stereocenters. The number of likely N-dealkylation sites (tertiary alicyclic amines) is 1. The van der Waals surface area contributed by atoms with Gasteiger partial charge in [-0.15, -0.1) is 0 Å². The van der Waals surface area contributed by atoms with Gasteiger partial charge in [0.1, 0.15) is 29.4 Å². The second-order valence-electron chi connectivity index (χ2n) is 13.9. The number of hydrogen-bond acceptors (Lipinski definition) is 7. The molecule has 8 rings (SSSR count). The fourth-order valence-corrected chi connectivity index (χ4v) is 8.24. The molecule has 3 aliphatic heterocycles. The third kappa shape index (κ3) is 6.35. The number of aryl methyl sites for hydroxylation is 1. The van der Waals surface area contributed by atoms with Crippen molar-refractivity contribution in [3.8, 4) is 17.3 Å². The molecular formula is C38H38ClF2N8O2+. The predicted molar refractivity (Wildman–Crippen MR) is 193 cm³/mol. The Bertz CT molecular complexity index is 2220. The number of nitrogens with zero attached hydrogens (tertiary/aromatic N) is 8. The third-order valence-corrected chi connectivity index (χ3v) is 10.7. The quantitative estimate of drug-likeness (QED) is 0.107. The minimum absolute atomic E-state index is 0.0103. The van der Waals surface area contributed by atoms with Gasteiger partial charge in [-0.2, -0.15) is 4.98 Å². The molecule has 13 heteroatoms. The highest BCUT2D eigenvalue weighted by molar-refractivity contribution is 6.36. The molecule has 6 heterocycles. The lowest BCUT2D eigenvalue weighted by Crippen LogP contribution is -2.43. The molecule has 0 spiro atoms.